The first-order chi connectivity index (χ1) is 13.2. The van der Waals surface area contributed by atoms with Crippen molar-refractivity contribution in [3.63, 3.8) is 0 Å². The van der Waals surface area contributed by atoms with Gasteiger partial charge >= 0.3 is 0 Å². The third-order valence-corrected chi connectivity index (χ3v) is 11.0. The summed E-state index contributed by atoms with van der Waals surface area (Å²) in [6, 6.07) is 7.32. The van der Waals surface area contributed by atoms with Crippen LogP contribution >= 0.6 is 20.3 Å². The zero-order chi connectivity index (χ0) is 20.1. The van der Waals surface area contributed by atoms with Crippen LogP contribution in [0.4, 0.5) is 0 Å². The molecule has 5 aliphatic rings. The molecule has 0 aliphatic carbocycles. The molecule has 6 rings (SSSR count). The van der Waals surface area contributed by atoms with E-state index in [2.05, 4.69) is 11.9 Å². The average molecular weight is 418 g/mol. The lowest BCUT2D eigenvalue weighted by Gasteiger charge is -2.59. The van der Waals surface area contributed by atoms with Crippen molar-refractivity contribution in [3.8, 4) is 17.6 Å². The van der Waals surface area contributed by atoms with Gasteiger partial charge in [0, 0.05) is 13.5 Å². The van der Waals surface area contributed by atoms with Crippen LogP contribution in [0.1, 0.15) is 31.9 Å². The fourth-order valence-corrected chi connectivity index (χ4v) is 9.66. The summed E-state index contributed by atoms with van der Waals surface area (Å²) in [6.07, 6.45) is 0.264. The Morgan fingerprint density at radius 3 is 2.71 bits per heavy atom. The molecule has 5 aliphatic heterocycles. The van der Waals surface area contributed by atoms with Gasteiger partial charge in [0.25, 0.3) is 11.8 Å². The number of benzene rings is 1. The molecule has 5 heterocycles. The highest BCUT2D eigenvalue weighted by Crippen LogP contribution is 2.71. The number of hydrogen-bond acceptors (Lipinski definition) is 6. The number of carbonyl (C=O) groups is 2. The maximum absolute atomic E-state index is 13.6. The molecule has 7 nitrogen and oxygen atoms in total. The molecule has 0 aromatic heterocycles. The number of carbonyl (C=O) groups excluding carboxylic acids is 2. The number of fused-ring (bicyclic) bond motifs is 3. The second-order valence-electron chi connectivity index (χ2n) is 7.96. The third kappa shape index (κ3) is 1.81. The highest BCUT2D eigenvalue weighted by Gasteiger charge is 2.75. The molecule has 1 spiro atoms. The number of amides is 2. The van der Waals surface area contributed by atoms with E-state index in [9.17, 15) is 14.9 Å². The van der Waals surface area contributed by atoms with Crippen molar-refractivity contribution in [2.24, 2.45) is 5.41 Å². The maximum Gasteiger partial charge on any atom is 0.261 e. The molecule has 4 fully saturated rings. The zero-order valence-electron chi connectivity index (χ0n) is 15.7. The fourth-order valence-electron chi connectivity index (χ4n) is 4.80. The topological polar surface area (TPSA) is 82.9 Å². The van der Waals surface area contributed by atoms with Crippen LogP contribution in [-0.2, 0) is 9.59 Å². The van der Waals surface area contributed by atoms with Gasteiger partial charge in [-0.15, -0.1) is 0 Å². The normalized spacial score (nSPS) is 40.6. The van der Waals surface area contributed by atoms with Gasteiger partial charge in [0.15, 0.2) is 21.2 Å². The Bertz CT molecular complexity index is 1020. The summed E-state index contributed by atoms with van der Waals surface area (Å²) in [7, 11) is 2.41. The second-order valence-corrected chi connectivity index (χ2v) is 12.0. The molecule has 1 unspecified atom stereocenters. The second kappa shape index (κ2) is 5.24. The smallest absolute Gasteiger partial charge is 0.261 e. The molecule has 0 radical (unpaired) electrons. The van der Waals surface area contributed by atoms with Crippen LogP contribution in [0, 0.1) is 16.7 Å². The van der Waals surface area contributed by atoms with Crippen LogP contribution in [0.2, 0.25) is 0 Å². The van der Waals surface area contributed by atoms with Crippen molar-refractivity contribution in [3.05, 3.63) is 23.8 Å². The molecule has 0 saturated carbocycles. The van der Waals surface area contributed by atoms with E-state index in [1.54, 1.807) is 24.9 Å². The largest absolute Gasteiger partial charge is 0.454 e. The molecule has 1 aromatic rings. The van der Waals surface area contributed by atoms with Gasteiger partial charge in [0.05, 0.1) is 17.5 Å². The Balaban J connectivity index is 1.74. The minimum atomic E-state index is -1.10. The van der Waals surface area contributed by atoms with Gasteiger partial charge in [-0.1, -0.05) is 32.2 Å². The summed E-state index contributed by atoms with van der Waals surface area (Å²) in [4.78, 5) is 28.2. The molecule has 2 bridgehead atoms. The maximum atomic E-state index is 13.6. The molecule has 146 valence electrons. The number of nitriles is 1. The highest BCUT2D eigenvalue weighted by atomic mass is 33.1. The highest BCUT2D eigenvalue weighted by molar-refractivity contribution is 8.84. The van der Waals surface area contributed by atoms with Crippen molar-refractivity contribution < 1.29 is 19.1 Å². The first-order valence-corrected chi connectivity index (χ1v) is 11.6. The van der Waals surface area contributed by atoms with E-state index < -0.39 is 30.7 Å². The Morgan fingerprint density at radius 1 is 1.29 bits per heavy atom. The average Bonchev–Trinajstić information content (AvgIpc) is 3.24. The molecule has 1 aromatic carbocycles. The van der Waals surface area contributed by atoms with Crippen molar-refractivity contribution in [1.82, 2.24) is 9.80 Å². The molecule has 5 atom stereocenters. The number of rotatable bonds is 1. The first-order valence-electron chi connectivity index (χ1n) is 8.85. The standard InChI is InChI=1S/C19H19N3O4S2/c1-17(9-20)8-19-16(24)21(3)18(2,27-28(19)4)15(23)22(19)14(17)11-5-6-12-13(7-11)26-10-25-12/h5-7,14H,4,8,10H2,1-3H3/t14-,17+,18-,19-,28?/m1/s1. The van der Waals surface area contributed by atoms with Gasteiger partial charge in [0.1, 0.15) is 0 Å². The summed E-state index contributed by atoms with van der Waals surface area (Å²) in [6.45, 7) is 3.74. The van der Waals surface area contributed by atoms with Crippen LogP contribution in [-0.4, -0.2) is 51.1 Å². The molecule has 0 N–H and O–H groups in total. The molecule has 4 saturated heterocycles. The van der Waals surface area contributed by atoms with Gasteiger partial charge in [-0.3, -0.25) is 9.59 Å². The number of likely N-dealkylation sites (N-methyl/N-ethyl adjacent to an activating group) is 1. The van der Waals surface area contributed by atoms with Gasteiger partial charge in [0.2, 0.25) is 6.79 Å². The van der Waals surface area contributed by atoms with E-state index in [0.29, 0.717) is 11.5 Å². The summed E-state index contributed by atoms with van der Waals surface area (Å²) in [5.41, 5.74) is -0.161. The van der Waals surface area contributed by atoms with Crippen LogP contribution in [0.3, 0.4) is 0 Å². The lowest BCUT2D eigenvalue weighted by Crippen LogP contribution is -2.74. The number of hydrogen-bond donors (Lipinski definition) is 0. The van der Waals surface area contributed by atoms with Crippen LogP contribution in [0.5, 0.6) is 11.5 Å². The Kier molecular flexibility index (Phi) is 3.35. The van der Waals surface area contributed by atoms with E-state index in [1.807, 2.05) is 19.1 Å². The third-order valence-electron chi connectivity index (χ3n) is 6.36. The summed E-state index contributed by atoms with van der Waals surface area (Å²) in [5.74, 6) is 5.21. The van der Waals surface area contributed by atoms with Crippen molar-refractivity contribution in [2.75, 3.05) is 13.8 Å². The van der Waals surface area contributed by atoms with Crippen LogP contribution < -0.4 is 9.47 Å². The number of nitrogens with zero attached hydrogens (tertiary/aromatic N) is 3. The monoisotopic (exact) mass is 417 g/mol. The van der Waals surface area contributed by atoms with Crippen molar-refractivity contribution in [1.29, 1.82) is 5.26 Å². The molecule has 9 heteroatoms. The zero-order valence-corrected chi connectivity index (χ0v) is 17.4. The van der Waals surface area contributed by atoms with Crippen molar-refractivity contribution >= 4 is 38.0 Å². The van der Waals surface area contributed by atoms with Crippen LogP contribution in [0.15, 0.2) is 18.2 Å². The Hall–Kier alpha value is -2.18. The quantitative estimate of drug-likeness (QED) is 0.516. The summed E-state index contributed by atoms with van der Waals surface area (Å²) >= 11 is 0. The van der Waals surface area contributed by atoms with E-state index in [-0.39, 0.29) is 25.0 Å². The minimum Gasteiger partial charge on any atom is -0.454 e. The molecular weight excluding hydrogens is 398 g/mol. The molecule has 28 heavy (non-hydrogen) atoms. The van der Waals surface area contributed by atoms with E-state index in [4.69, 9.17) is 9.47 Å². The number of ether oxygens (including phenoxy) is 2. The Morgan fingerprint density at radius 2 is 2.00 bits per heavy atom. The predicted molar refractivity (Wildman–Crippen MR) is 107 cm³/mol. The van der Waals surface area contributed by atoms with Gasteiger partial charge in [-0.2, -0.15) is 5.26 Å². The van der Waals surface area contributed by atoms with Gasteiger partial charge in [-0.05, 0) is 31.5 Å². The lowest BCUT2D eigenvalue weighted by molar-refractivity contribution is -0.164. The van der Waals surface area contributed by atoms with Gasteiger partial charge in [-0.25, -0.2) is 0 Å². The van der Waals surface area contributed by atoms with E-state index in [0.717, 1.165) is 5.56 Å². The predicted octanol–water partition coefficient (Wildman–Crippen LogP) is 2.47. The van der Waals surface area contributed by atoms with Crippen molar-refractivity contribution in [2.45, 2.75) is 36.1 Å². The lowest BCUT2D eigenvalue weighted by atomic mass is 9.79. The van der Waals surface area contributed by atoms with E-state index >= 15 is 0 Å². The van der Waals surface area contributed by atoms with Crippen LogP contribution in [0.25, 0.3) is 0 Å². The first kappa shape index (κ1) is 17.9. The van der Waals surface area contributed by atoms with E-state index in [1.165, 1.54) is 15.7 Å². The summed E-state index contributed by atoms with van der Waals surface area (Å²) in [5, 5.41) is 10.1. The fraction of sp³-hybridized carbons (Fsp3) is 0.474. The minimum absolute atomic E-state index is 0.128. The molecular formula is C19H19N3O4S2. The number of piperazine rings is 1. The van der Waals surface area contributed by atoms with Gasteiger partial charge < -0.3 is 19.3 Å². The SMILES string of the molecule is C=S1S[C@]2(C)C(=O)N3[C@H](c4ccc5c(c4)OCO5)[C@](C)(C#N)C[C@@]31C(=O)N2C. The Labute approximate surface area is 168 Å². The summed E-state index contributed by atoms with van der Waals surface area (Å²) < 4.78 is 10.9. The molecule has 2 amide bonds.